The van der Waals surface area contributed by atoms with Gasteiger partial charge in [0.05, 0.1) is 6.61 Å². The molecular weight excluding hydrogens is 497 g/mol. The standard InChI is InChI=1S/C22H27F3N8O2S/c1-5-16-28-14(4)30-33(16)12-17(34)32-8-7-31(11-13(32)3)19-18(29-20(36-19)22(23,24)25)15-9-26-21(27-10-15)35-6-2/h9-10,13H,5-8,11-12H2,1-4H3. The van der Waals surface area contributed by atoms with E-state index in [2.05, 4.69) is 25.0 Å². The van der Waals surface area contributed by atoms with Crippen LogP contribution in [0.25, 0.3) is 11.3 Å². The molecule has 0 aliphatic carbocycles. The fourth-order valence-corrected chi connectivity index (χ4v) is 5.09. The highest BCUT2D eigenvalue weighted by Gasteiger charge is 2.38. The van der Waals surface area contributed by atoms with E-state index < -0.39 is 11.2 Å². The Hall–Kier alpha value is -3.29. The maximum absolute atomic E-state index is 13.6. The van der Waals surface area contributed by atoms with E-state index in [1.807, 2.05) is 18.7 Å². The number of piperazine rings is 1. The predicted octanol–water partition coefficient (Wildman–Crippen LogP) is 3.22. The molecule has 4 rings (SSSR count). The first-order chi connectivity index (χ1) is 17.1. The van der Waals surface area contributed by atoms with Crippen molar-refractivity contribution in [2.75, 3.05) is 31.1 Å². The summed E-state index contributed by atoms with van der Waals surface area (Å²) in [4.78, 5) is 33.0. The zero-order chi connectivity index (χ0) is 26.0. The number of anilines is 1. The highest BCUT2D eigenvalue weighted by Crippen LogP contribution is 2.43. The SMILES string of the molecule is CCOc1ncc(-c2nc(C(F)(F)F)sc2N2CCN(C(=O)Cn3nc(C)nc3CC)C(C)C2)cn1. The van der Waals surface area contributed by atoms with Gasteiger partial charge in [-0.15, -0.1) is 0 Å². The molecule has 1 aliphatic rings. The molecule has 0 saturated carbocycles. The van der Waals surface area contributed by atoms with Gasteiger partial charge in [-0.1, -0.05) is 18.3 Å². The number of aromatic nitrogens is 6. The number of amides is 1. The molecule has 3 aromatic rings. The van der Waals surface area contributed by atoms with E-state index in [0.29, 0.717) is 60.4 Å². The molecule has 1 amide bonds. The Morgan fingerprint density at radius 3 is 2.53 bits per heavy atom. The summed E-state index contributed by atoms with van der Waals surface area (Å²) in [5.74, 6) is 1.23. The third-order valence-corrected chi connectivity index (χ3v) is 6.88. The van der Waals surface area contributed by atoms with Gasteiger partial charge < -0.3 is 14.5 Å². The maximum atomic E-state index is 13.6. The van der Waals surface area contributed by atoms with E-state index in [1.54, 1.807) is 23.4 Å². The van der Waals surface area contributed by atoms with Crippen LogP contribution in [0.4, 0.5) is 18.2 Å². The average molecular weight is 525 g/mol. The van der Waals surface area contributed by atoms with Crippen molar-refractivity contribution in [3.8, 4) is 17.3 Å². The quantitative estimate of drug-likeness (QED) is 0.464. The van der Waals surface area contributed by atoms with Gasteiger partial charge in [-0.25, -0.2) is 24.6 Å². The summed E-state index contributed by atoms with van der Waals surface area (Å²) in [6.45, 7) is 8.90. The van der Waals surface area contributed by atoms with Gasteiger partial charge in [0.2, 0.25) is 10.9 Å². The van der Waals surface area contributed by atoms with Crippen molar-refractivity contribution < 1.29 is 22.7 Å². The number of nitrogens with zero attached hydrogens (tertiary/aromatic N) is 8. The second-order valence-electron chi connectivity index (χ2n) is 8.33. The molecule has 0 radical (unpaired) electrons. The van der Waals surface area contributed by atoms with E-state index in [4.69, 9.17) is 4.74 Å². The molecule has 0 N–H and O–H groups in total. The number of thiazole rings is 1. The van der Waals surface area contributed by atoms with Crippen molar-refractivity contribution in [2.45, 2.75) is 52.9 Å². The van der Waals surface area contributed by atoms with Crippen molar-refractivity contribution >= 4 is 22.2 Å². The number of rotatable bonds is 7. The molecule has 1 atom stereocenters. The number of halogens is 3. The predicted molar refractivity (Wildman–Crippen MR) is 127 cm³/mol. The zero-order valence-corrected chi connectivity index (χ0v) is 21.2. The first kappa shape index (κ1) is 25.8. The number of hydrogen-bond donors (Lipinski definition) is 0. The first-order valence-electron chi connectivity index (χ1n) is 11.6. The van der Waals surface area contributed by atoms with Gasteiger partial charge in [0.1, 0.15) is 28.9 Å². The lowest BCUT2D eigenvalue weighted by atomic mass is 10.1. The number of hydrogen-bond acceptors (Lipinski definition) is 9. The average Bonchev–Trinajstić information content (AvgIpc) is 3.43. The number of carbonyl (C=O) groups excluding carboxylic acids is 1. The van der Waals surface area contributed by atoms with Crippen LogP contribution < -0.4 is 9.64 Å². The molecule has 0 aromatic carbocycles. The lowest BCUT2D eigenvalue weighted by Gasteiger charge is -2.40. The number of ether oxygens (including phenoxy) is 1. The first-order valence-corrected chi connectivity index (χ1v) is 12.4. The van der Waals surface area contributed by atoms with Crippen LogP contribution in [-0.4, -0.2) is 72.8 Å². The largest absolute Gasteiger partial charge is 0.464 e. The second kappa shape index (κ2) is 10.4. The molecule has 1 unspecified atom stereocenters. The van der Waals surface area contributed by atoms with Crippen molar-refractivity contribution in [1.82, 2.24) is 34.6 Å². The minimum absolute atomic E-state index is 0.0713. The molecule has 0 bridgehead atoms. The fraction of sp³-hybridized carbons (Fsp3) is 0.545. The molecular formula is C22H27F3N8O2S. The minimum atomic E-state index is -4.58. The van der Waals surface area contributed by atoms with Gasteiger partial charge in [0.25, 0.3) is 0 Å². The molecule has 1 aliphatic heterocycles. The lowest BCUT2D eigenvalue weighted by molar-refractivity contribution is -0.137. The summed E-state index contributed by atoms with van der Waals surface area (Å²) < 4.78 is 47.5. The van der Waals surface area contributed by atoms with Gasteiger partial charge >= 0.3 is 12.2 Å². The number of carbonyl (C=O) groups is 1. The topological polar surface area (TPSA) is 102 Å². The number of alkyl halides is 3. The van der Waals surface area contributed by atoms with E-state index >= 15 is 0 Å². The molecule has 3 aromatic heterocycles. The van der Waals surface area contributed by atoms with Crippen LogP contribution in [0.1, 0.15) is 37.4 Å². The monoisotopic (exact) mass is 524 g/mol. The van der Waals surface area contributed by atoms with Crippen molar-refractivity contribution in [1.29, 1.82) is 0 Å². The third-order valence-electron chi connectivity index (χ3n) is 5.72. The van der Waals surface area contributed by atoms with E-state index in [0.717, 1.165) is 5.82 Å². The Labute approximate surface area is 210 Å². The highest BCUT2D eigenvalue weighted by molar-refractivity contribution is 7.16. The van der Waals surface area contributed by atoms with Crippen molar-refractivity contribution in [3.05, 3.63) is 29.1 Å². The molecule has 1 fully saturated rings. The molecule has 1 saturated heterocycles. The smallest absolute Gasteiger partial charge is 0.443 e. The van der Waals surface area contributed by atoms with E-state index in [1.165, 1.54) is 12.4 Å². The van der Waals surface area contributed by atoms with Crippen LogP contribution in [0.3, 0.4) is 0 Å². The lowest BCUT2D eigenvalue weighted by Crippen LogP contribution is -2.54. The molecule has 10 nitrogen and oxygen atoms in total. The molecule has 0 spiro atoms. The maximum Gasteiger partial charge on any atom is 0.443 e. The zero-order valence-electron chi connectivity index (χ0n) is 20.4. The summed E-state index contributed by atoms with van der Waals surface area (Å²) in [6, 6.07) is -0.0922. The second-order valence-corrected chi connectivity index (χ2v) is 9.30. The normalized spacial score (nSPS) is 16.5. The molecule has 36 heavy (non-hydrogen) atoms. The van der Waals surface area contributed by atoms with Crippen LogP contribution in [-0.2, 0) is 23.9 Å². The number of aryl methyl sites for hydroxylation is 2. The molecule has 14 heteroatoms. The Balaban J connectivity index is 1.55. The third kappa shape index (κ3) is 5.42. The Morgan fingerprint density at radius 1 is 1.19 bits per heavy atom. The van der Waals surface area contributed by atoms with Gasteiger partial charge in [-0.2, -0.15) is 18.3 Å². The fourth-order valence-electron chi connectivity index (χ4n) is 4.10. The van der Waals surface area contributed by atoms with E-state index in [-0.39, 0.29) is 30.2 Å². The minimum Gasteiger partial charge on any atom is -0.464 e. The van der Waals surface area contributed by atoms with Crippen molar-refractivity contribution in [3.63, 3.8) is 0 Å². The Morgan fingerprint density at radius 2 is 1.92 bits per heavy atom. The summed E-state index contributed by atoms with van der Waals surface area (Å²) in [5, 5.41) is 3.73. The summed E-state index contributed by atoms with van der Waals surface area (Å²) >= 11 is 0.581. The van der Waals surface area contributed by atoms with Crippen LogP contribution >= 0.6 is 11.3 Å². The van der Waals surface area contributed by atoms with Gasteiger partial charge in [0, 0.05) is 50.1 Å². The Bertz CT molecular complexity index is 1210. The highest BCUT2D eigenvalue weighted by atomic mass is 32.1. The molecule has 4 heterocycles. The molecule has 194 valence electrons. The van der Waals surface area contributed by atoms with Gasteiger partial charge in [-0.3, -0.25) is 4.79 Å². The summed E-state index contributed by atoms with van der Waals surface area (Å²) in [7, 11) is 0. The summed E-state index contributed by atoms with van der Waals surface area (Å²) in [5.41, 5.74) is 0.521. The summed E-state index contributed by atoms with van der Waals surface area (Å²) in [6.07, 6.45) is -1.11. The van der Waals surface area contributed by atoms with Crippen LogP contribution in [0, 0.1) is 6.92 Å². The van der Waals surface area contributed by atoms with Gasteiger partial charge in [-0.05, 0) is 20.8 Å². The van der Waals surface area contributed by atoms with Gasteiger partial charge in [0.15, 0.2) is 0 Å². The van der Waals surface area contributed by atoms with Crippen LogP contribution in [0.5, 0.6) is 6.01 Å². The van der Waals surface area contributed by atoms with Crippen molar-refractivity contribution in [2.24, 2.45) is 0 Å². The van der Waals surface area contributed by atoms with Crippen LogP contribution in [0.2, 0.25) is 0 Å². The van der Waals surface area contributed by atoms with E-state index in [9.17, 15) is 18.0 Å². The van der Waals surface area contributed by atoms with Crippen LogP contribution in [0.15, 0.2) is 12.4 Å². The Kier molecular flexibility index (Phi) is 7.43.